The molecule has 0 aromatic heterocycles. The molecule has 2 atom stereocenters. The number of carboxylic acids is 1. The van der Waals surface area contributed by atoms with Crippen molar-refractivity contribution in [3.05, 3.63) is 23.8 Å². The van der Waals surface area contributed by atoms with Crippen molar-refractivity contribution in [3.63, 3.8) is 0 Å². The van der Waals surface area contributed by atoms with Crippen molar-refractivity contribution >= 4 is 29.2 Å². The maximum atomic E-state index is 12.3. The summed E-state index contributed by atoms with van der Waals surface area (Å²) < 4.78 is 0. The molecule has 3 N–H and O–H groups in total. The van der Waals surface area contributed by atoms with Gasteiger partial charge < -0.3 is 15.7 Å². The van der Waals surface area contributed by atoms with Crippen LogP contribution in [0.5, 0.6) is 0 Å². The molecule has 3 rings (SSSR count). The fourth-order valence-corrected chi connectivity index (χ4v) is 2.76. The number of aryl methyl sites for hydroxylation is 1. The van der Waals surface area contributed by atoms with Gasteiger partial charge in [-0.05, 0) is 50.3 Å². The lowest BCUT2D eigenvalue weighted by molar-refractivity contribution is -0.151. The minimum Gasteiger partial charge on any atom is -0.481 e. The van der Waals surface area contributed by atoms with Crippen LogP contribution in [0, 0.1) is 24.7 Å². The maximum absolute atomic E-state index is 12.3. The predicted octanol–water partition coefficient (Wildman–Crippen LogP) is 2.39. The van der Waals surface area contributed by atoms with Gasteiger partial charge in [0.1, 0.15) is 0 Å². The zero-order valence-corrected chi connectivity index (χ0v) is 13.0. The molecular formula is C17H20N2O4. The Morgan fingerprint density at radius 2 is 1.70 bits per heavy atom. The number of amides is 2. The molecule has 2 unspecified atom stereocenters. The summed E-state index contributed by atoms with van der Waals surface area (Å²) in [5.41, 5.74) is 2.12. The van der Waals surface area contributed by atoms with Crippen LogP contribution >= 0.6 is 0 Å². The van der Waals surface area contributed by atoms with Gasteiger partial charge in [-0.15, -0.1) is 0 Å². The molecule has 2 amide bonds. The van der Waals surface area contributed by atoms with E-state index in [1.165, 1.54) is 0 Å². The first-order valence-corrected chi connectivity index (χ1v) is 7.91. The van der Waals surface area contributed by atoms with E-state index in [0.29, 0.717) is 24.2 Å². The molecule has 0 saturated heterocycles. The number of carbonyl (C=O) groups excluding carboxylic acids is 2. The summed E-state index contributed by atoms with van der Waals surface area (Å²) in [6, 6.07) is 5.35. The highest BCUT2D eigenvalue weighted by atomic mass is 16.4. The van der Waals surface area contributed by atoms with Crippen molar-refractivity contribution in [2.75, 3.05) is 10.6 Å². The average molecular weight is 316 g/mol. The molecule has 6 heteroatoms. The third kappa shape index (κ3) is 3.36. The van der Waals surface area contributed by atoms with Gasteiger partial charge in [0.25, 0.3) is 0 Å². The normalized spacial score (nSPS) is 22.8. The molecule has 0 aliphatic heterocycles. The van der Waals surface area contributed by atoms with E-state index in [-0.39, 0.29) is 17.7 Å². The van der Waals surface area contributed by atoms with E-state index in [1.807, 2.05) is 13.0 Å². The summed E-state index contributed by atoms with van der Waals surface area (Å²) >= 11 is 0. The fraction of sp³-hybridized carbons (Fsp3) is 0.471. The van der Waals surface area contributed by atoms with Gasteiger partial charge in [0.05, 0.1) is 11.8 Å². The number of aliphatic carboxylic acids is 1. The van der Waals surface area contributed by atoms with E-state index < -0.39 is 17.8 Å². The summed E-state index contributed by atoms with van der Waals surface area (Å²) in [6.07, 6.45) is 3.00. The van der Waals surface area contributed by atoms with Crippen LogP contribution in [0.15, 0.2) is 18.2 Å². The lowest BCUT2D eigenvalue weighted by Crippen LogP contribution is -2.41. The van der Waals surface area contributed by atoms with Crippen LogP contribution in [0.2, 0.25) is 0 Å². The summed E-state index contributed by atoms with van der Waals surface area (Å²) in [6.45, 7) is 1.86. The van der Waals surface area contributed by atoms with Crippen LogP contribution in [0.4, 0.5) is 11.4 Å². The van der Waals surface area contributed by atoms with Crippen LogP contribution in [0.25, 0.3) is 0 Å². The van der Waals surface area contributed by atoms with Crippen LogP contribution < -0.4 is 10.6 Å². The second kappa shape index (κ2) is 6.02. The van der Waals surface area contributed by atoms with Gasteiger partial charge in [0, 0.05) is 17.3 Å². The Labute approximate surface area is 134 Å². The number of carbonyl (C=O) groups is 3. The Balaban J connectivity index is 1.67. The minimum absolute atomic E-state index is 0.0102. The van der Waals surface area contributed by atoms with Crippen LogP contribution in [0.3, 0.4) is 0 Å². The monoisotopic (exact) mass is 316 g/mol. The smallest absolute Gasteiger partial charge is 0.307 e. The lowest BCUT2D eigenvalue weighted by atomic mass is 9.73. The SMILES string of the molecule is Cc1ccc(NC(=O)C2CC2)cc1NC(=O)C1CCC1C(=O)O. The van der Waals surface area contributed by atoms with Gasteiger partial charge in [-0.2, -0.15) is 0 Å². The molecule has 1 aromatic rings. The van der Waals surface area contributed by atoms with E-state index in [0.717, 1.165) is 18.4 Å². The second-order valence-corrected chi connectivity index (χ2v) is 6.41. The third-order valence-corrected chi connectivity index (χ3v) is 4.64. The zero-order valence-electron chi connectivity index (χ0n) is 13.0. The van der Waals surface area contributed by atoms with Gasteiger partial charge in [-0.3, -0.25) is 14.4 Å². The number of carboxylic acid groups (broad SMARTS) is 1. The summed E-state index contributed by atoms with van der Waals surface area (Å²) in [5, 5.41) is 14.7. The Bertz CT molecular complexity index is 667. The van der Waals surface area contributed by atoms with Crippen molar-refractivity contribution < 1.29 is 19.5 Å². The highest BCUT2D eigenvalue weighted by Crippen LogP contribution is 2.36. The van der Waals surface area contributed by atoms with Gasteiger partial charge in [-0.25, -0.2) is 0 Å². The van der Waals surface area contributed by atoms with E-state index >= 15 is 0 Å². The number of benzene rings is 1. The topological polar surface area (TPSA) is 95.5 Å². The van der Waals surface area contributed by atoms with E-state index in [4.69, 9.17) is 5.11 Å². The van der Waals surface area contributed by atoms with Crippen molar-refractivity contribution in [3.8, 4) is 0 Å². The number of rotatable bonds is 5. The quantitative estimate of drug-likeness (QED) is 0.777. The Morgan fingerprint density at radius 1 is 1.00 bits per heavy atom. The molecule has 23 heavy (non-hydrogen) atoms. The molecule has 2 saturated carbocycles. The Kier molecular flexibility index (Phi) is 4.07. The average Bonchev–Trinajstić information content (AvgIpc) is 3.24. The Hall–Kier alpha value is -2.37. The molecule has 0 radical (unpaired) electrons. The second-order valence-electron chi connectivity index (χ2n) is 6.41. The molecule has 122 valence electrons. The summed E-state index contributed by atoms with van der Waals surface area (Å²) in [5.74, 6) is -2.13. The largest absolute Gasteiger partial charge is 0.481 e. The standard InChI is InChI=1S/C17H20N2O4/c1-9-2-5-11(18-15(20)10-3-4-10)8-14(9)19-16(21)12-6-7-13(12)17(22)23/h2,5,8,10,12-13H,3-4,6-7H2,1H3,(H,18,20)(H,19,21)(H,22,23). The third-order valence-electron chi connectivity index (χ3n) is 4.64. The van der Waals surface area contributed by atoms with Gasteiger partial charge in [0.2, 0.25) is 11.8 Å². The maximum Gasteiger partial charge on any atom is 0.307 e. The van der Waals surface area contributed by atoms with Crippen molar-refractivity contribution in [2.24, 2.45) is 17.8 Å². The van der Waals surface area contributed by atoms with Crippen molar-refractivity contribution in [1.82, 2.24) is 0 Å². The molecule has 1 aromatic carbocycles. The molecular weight excluding hydrogens is 296 g/mol. The van der Waals surface area contributed by atoms with Gasteiger partial charge in [-0.1, -0.05) is 6.07 Å². The highest BCUT2D eigenvalue weighted by Gasteiger charge is 2.41. The molecule has 0 spiro atoms. The van der Waals surface area contributed by atoms with E-state index in [2.05, 4.69) is 10.6 Å². The van der Waals surface area contributed by atoms with Gasteiger partial charge >= 0.3 is 5.97 Å². The first-order chi connectivity index (χ1) is 11.0. The van der Waals surface area contributed by atoms with E-state index in [1.54, 1.807) is 12.1 Å². The molecule has 2 aliphatic carbocycles. The van der Waals surface area contributed by atoms with Crippen LogP contribution in [-0.4, -0.2) is 22.9 Å². The lowest BCUT2D eigenvalue weighted by Gasteiger charge is -2.32. The molecule has 2 aliphatic rings. The number of hydrogen-bond donors (Lipinski definition) is 3. The molecule has 2 fully saturated rings. The minimum atomic E-state index is -0.918. The van der Waals surface area contributed by atoms with E-state index in [9.17, 15) is 14.4 Å². The first-order valence-electron chi connectivity index (χ1n) is 7.91. The molecule has 6 nitrogen and oxygen atoms in total. The molecule has 0 bridgehead atoms. The summed E-state index contributed by atoms with van der Waals surface area (Å²) in [7, 11) is 0. The number of anilines is 2. The number of nitrogens with one attached hydrogen (secondary N) is 2. The number of hydrogen-bond acceptors (Lipinski definition) is 3. The fourth-order valence-electron chi connectivity index (χ4n) is 2.76. The first kappa shape index (κ1) is 15.5. The molecule has 0 heterocycles. The Morgan fingerprint density at radius 3 is 2.26 bits per heavy atom. The summed E-state index contributed by atoms with van der Waals surface area (Å²) in [4.78, 5) is 35.1. The predicted molar refractivity (Wildman–Crippen MR) is 85.0 cm³/mol. The zero-order chi connectivity index (χ0) is 16.6. The van der Waals surface area contributed by atoms with Crippen molar-refractivity contribution in [2.45, 2.75) is 32.6 Å². The highest BCUT2D eigenvalue weighted by molar-refractivity contribution is 5.98. The van der Waals surface area contributed by atoms with Crippen LogP contribution in [-0.2, 0) is 14.4 Å². The van der Waals surface area contributed by atoms with Crippen LogP contribution in [0.1, 0.15) is 31.2 Å². The van der Waals surface area contributed by atoms with Gasteiger partial charge in [0.15, 0.2) is 0 Å². The van der Waals surface area contributed by atoms with Crippen molar-refractivity contribution in [1.29, 1.82) is 0 Å².